The Kier molecular flexibility index (Phi) is 10.0. The minimum absolute atomic E-state index is 0.0537. The van der Waals surface area contributed by atoms with Crippen LogP contribution in [0.4, 0.5) is 4.39 Å². The number of carbonyl (C=O) groups is 2. The van der Waals surface area contributed by atoms with E-state index >= 15 is 0 Å². The Hall–Kier alpha value is -0.900. The molecule has 0 saturated carbocycles. The van der Waals surface area contributed by atoms with E-state index in [0.29, 0.717) is 17.3 Å². The van der Waals surface area contributed by atoms with Gasteiger partial charge < -0.3 is 10.1 Å². The number of amides is 1. The van der Waals surface area contributed by atoms with Crippen LogP contribution in [0.2, 0.25) is 0 Å². The van der Waals surface area contributed by atoms with Gasteiger partial charge >= 0.3 is 5.97 Å². The van der Waals surface area contributed by atoms with Gasteiger partial charge in [-0.1, -0.05) is 51.3 Å². The molecule has 0 spiro atoms. The maximum atomic E-state index is 13.6. The van der Waals surface area contributed by atoms with Gasteiger partial charge in [0.05, 0.1) is 10.9 Å². The molecule has 0 heterocycles. The summed E-state index contributed by atoms with van der Waals surface area (Å²) in [6.07, 6.45) is 0.466. The van der Waals surface area contributed by atoms with Crippen LogP contribution in [0.1, 0.15) is 24.5 Å². The molecule has 152 valence electrons. The second-order valence-corrected chi connectivity index (χ2v) is 9.52. The molecular formula is C16H19BrCl2FNO5S. The SMILES string of the molecule is CS(=O)(=O)c1ccc([C@@H](OC(=O)CCCBr)[C@@H](CF)NC(=O)C(Cl)Cl)cc1. The summed E-state index contributed by atoms with van der Waals surface area (Å²) in [7, 11) is -3.43. The molecule has 0 radical (unpaired) electrons. The predicted molar refractivity (Wildman–Crippen MR) is 105 cm³/mol. The zero-order valence-electron chi connectivity index (χ0n) is 14.3. The third-order valence-electron chi connectivity index (χ3n) is 3.47. The van der Waals surface area contributed by atoms with Crippen LogP contribution in [-0.2, 0) is 24.2 Å². The Morgan fingerprint density at radius 3 is 2.30 bits per heavy atom. The molecule has 0 fully saturated rings. The smallest absolute Gasteiger partial charge is 0.306 e. The van der Waals surface area contributed by atoms with E-state index in [1.807, 2.05) is 0 Å². The molecule has 1 amide bonds. The Morgan fingerprint density at radius 2 is 1.85 bits per heavy atom. The molecule has 0 aliphatic heterocycles. The van der Waals surface area contributed by atoms with Crippen LogP contribution in [0.15, 0.2) is 29.2 Å². The lowest BCUT2D eigenvalue weighted by atomic mass is 10.0. The van der Waals surface area contributed by atoms with Gasteiger partial charge in [-0.3, -0.25) is 9.59 Å². The number of hydrogen-bond acceptors (Lipinski definition) is 5. The van der Waals surface area contributed by atoms with Gasteiger partial charge in [-0.05, 0) is 24.1 Å². The molecule has 1 aromatic carbocycles. The van der Waals surface area contributed by atoms with Crippen molar-refractivity contribution in [2.75, 3.05) is 18.3 Å². The van der Waals surface area contributed by atoms with Crippen LogP contribution in [-0.4, -0.2) is 49.4 Å². The van der Waals surface area contributed by atoms with E-state index in [2.05, 4.69) is 21.2 Å². The Morgan fingerprint density at radius 1 is 1.26 bits per heavy atom. The van der Waals surface area contributed by atoms with Gasteiger partial charge in [0.1, 0.15) is 12.8 Å². The molecule has 0 aromatic heterocycles. The summed E-state index contributed by atoms with van der Waals surface area (Å²) in [4.78, 5) is 22.4. The number of carbonyl (C=O) groups excluding carboxylic acids is 2. The van der Waals surface area contributed by atoms with E-state index < -0.39 is 45.4 Å². The highest BCUT2D eigenvalue weighted by Gasteiger charge is 2.30. The third kappa shape index (κ3) is 7.93. The largest absolute Gasteiger partial charge is 0.455 e. The van der Waals surface area contributed by atoms with Crippen molar-refractivity contribution < 1.29 is 27.1 Å². The fourth-order valence-corrected chi connectivity index (χ4v) is 3.18. The van der Waals surface area contributed by atoms with E-state index in [9.17, 15) is 22.4 Å². The van der Waals surface area contributed by atoms with Crippen LogP contribution in [0, 0.1) is 0 Å². The quantitative estimate of drug-likeness (QED) is 0.389. The fourth-order valence-electron chi connectivity index (χ4n) is 2.14. The Bertz CT molecular complexity index is 746. The lowest BCUT2D eigenvalue weighted by molar-refractivity contribution is -0.152. The van der Waals surface area contributed by atoms with Gasteiger partial charge in [0.2, 0.25) is 0 Å². The lowest BCUT2D eigenvalue weighted by Gasteiger charge is -2.26. The van der Waals surface area contributed by atoms with Gasteiger partial charge in [0.15, 0.2) is 14.7 Å². The second-order valence-electron chi connectivity index (χ2n) is 5.61. The summed E-state index contributed by atoms with van der Waals surface area (Å²) in [6.45, 7) is -1.06. The summed E-state index contributed by atoms with van der Waals surface area (Å²) >= 11 is 14.1. The van der Waals surface area contributed by atoms with Crippen LogP contribution in [0.5, 0.6) is 0 Å². The Balaban J connectivity index is 3.15. The van der Waals surface area contributed by atoms with E-state index in [1.165, 1.54) is 24.3 Å². The molecule has 1 rings (SSSR count). The van der Waals surface area contributed by atoms with Crippen LogP contribution >= 0.6 is 39.1 Å². The van der Waals surface area contributed by atoms with Crippen LogP contribution in [0.3, 0.4) is 0 Å². The maximum Gasteiger partial charge on any atom is 0.306 e. The number of alkyl halides is 4. The van der Waals surface area contributed by atoms with Gasteiger partial charge in [-0.2, -0.15) is 0 Å². The minimum Gasteiger partial charge on any atom is -0.455 e. The van der Waals surface area contributed by atoms with E-state index in [1.54, 1.807) is 0 Å². The van der Waals surface area contributed by atoms with Gasteiger partial charge in [0, 0.05) is 18.0 Å². The van der Waals surface area contributed by atoms with Crippen molar-refractivity contribution in [3.05, 3.63) is 29.8 Å². The highest BCUT2D eigenvalue weighted by Crippen LogP contribution is 2.25. The van der Waals surface area contributed by atoms with E-state index in [-0.39, 0.29) is 11.3 Å². The van der Waals surface area contributed by atoms with Crippen molar-refractivity contribution in [2.45, 2.75) is 34.7 Å². The Labute approximate surface area is 175 Å². The van der Waals surface area contributed by atoms with E-state index in [4.69, 9.17) is 27.9 Å². The first-order valence-electron chi connectivity index (χ1n) is 7.80. The topological polar surface area (TPSA) is 89.5 Å². The molecule has 6 nitrogen and oxygen atoms in total. The summed E-state index contributed by atoms with van der Waals surface area (Å²) in [5.41, 5.74) is 0.318. The number of esters is 1. The number of ether oxygens (including phenoxy) is 1. The molecular weight excluding hydrogens is 488 g/mol. The van der Waals surface area contributed by atoms with Crippen molar-refractivity contribution in [3.8, 4) is 0 Å². The number of sulfone groups is 1. The van der Waals surface area contributed by atoms with E-state index in [0.717, 1.165) is 6.26 Å². The van der Waals surface area contributed by atoms with Gasteiger partial charge in [-0.15, -0.1) is 0 Å². The average Bonchev–Trinajstić information content (AvgIpc) is 2.61. The van der Waals surface area contributed by atoms with Crippen molar-refractivity contribution in [2.24, 2.45) is 0 Å². The number of rotatable bonds is 10. The normalized spacial score (nSPS) is 13.9. The molecule has 1 aromatic rings. The fraction of sp³-hybridized carbons (Fsp3) is 0.500. The van der Waals surface area contributed by atoms with Crippen molar-refractivity contribution in [1.29, 1.82) is 0 Å². The summed E-state index contributed by atoms with van der Waals surface area (Å²) < 4.78 is 42.1. The van der Waals surface area contributed by atoms with Gasteiger partial charge in [-0.25, -0.2) is 12.8 Å². The molecule has 0 saturated heterocycles. The first-order valence-corrected chi connectivity index (χ1v) is 11.7. The molecule has 0 aliphatic carbocycles. The number of halogens is 4. The van der Waals surface area contributed by atoms with Gasteiger partial charge in [0.25, 0.3) is 5.91 Å². The van der Waals surface area contributed by atoms with Crippen molar-refractivity contribution in [3.63, 3.8) is 0 Å². The first-order chi connectivity index (χ1) is 12.6. The number of nitrogens with one attached hydrogen (secondary N) is 1. The molecule has 2 atom stereocenters. The summed E-state index contributed by atoms with van der Waals surface area (Å²) in [5.74, 6) is -1.43. The molecule has 0 unspecified atom stereocenters. The highest BCUT2D eigenvalue weighted by atomic mass is 79.9. The van der Waals surface area contributed by atoms with Crippen LogP contribution in [0.25, 0.3) is 0 Å². The molecule has 11 heteroatoms. The minimum atomic E-state index is -3.43. The van der Waals surface area contributed by atoms with Crippen molar-refractivity contribution in [1.82, 2.24) is 5.32 Å². The molecule has 1 N–H and O–H groups in total. The summed E-state index contributed by atoms with van der Waals surface area (Å²) in [5, 5.41) is 2.87. The maximum absolute atomic E-state index is 13.6. The monoisotopic (exact) mass is 505 g/mol. The zero-order chi connectivity index (χ0) is 20.6. The second kappa shape index (κ2) is 11.2. The van der Waals surface area contributed by atoms with Crippen molar-refractivity contribution >= 4 is 60.8 Å². The predicted octanol–water partition coefficient (Wildman–Crippen LogP) is 3.11. The number of hydrogen-bond donors (Lipinski definition) is 1. The molecule has 0 bridgehead atoms. The highest BCUT2D eigenvalue weighted by molar-refractivity contribution is 9.09. The average molecular weight is 507 g/mol. The lowest BCUT2D eigenvalue weighted by Crippen LogP contribution is -2.44. The van der Waals surface area contributed by atoms with Crippen LogP contribution < -0.4 is 5.32 Å². The molecule has 0 aliphatic rings. The number of benzene rings is 1. The zero-order valence-corrected chi connectivity index (χ0v) is 18.2. The standard InChI is InChI=1S/C16H19BrCl2FNO5S/c1-27(24,25)11-6-4-10(5-7-11)14(26-13(22)3-2-8-17)12(9-20)21-16(23)15(18)19/h4-7,12,14-15H,2-3,8-9H2,1H3,(H,21,23)/t12-,14-/m1/s1. The summed E-state index contributed by atoms with van der Waals surface area (Å²) in [6, 6.07) is 4.17. The third-order valence-corrected chi connectivity index (χ3v) is 5.55. The first kappa shape index (κ1) is 24.1. The molecule has 27 heavy (non-hydrogen) atoms.